The van der Waals surface area contributed by atoms with Gasteiger partial charge in [0.15, 0.2) is 0 Å². The fourth-order valence-corrected chi connectivity index (χ4v) is 3.01. The molecule has 1 N–H and O–H groups in total. The van der Waals surface area contributed by atoms with Crippen LogP contribution in [0.15, 0.2) is 28.7 Å². The Labute approximate surface area is 106 Å². The Kier molecular flexibility index (Phi) is 4.42. The first-order valence-electron chi connectivity index (χ1n) is 6.21. The molecule has 1 nitrogen and oxygen atoms in total. The van der Waals surface area contributed by atoms with E-state index in [9.17, 15) is 5.11 Å². The predicted molar refractivity (Wildman–Crippen MR) is 70.3 cm³/mol. The second kappa shape index (κ2) is 5.83. The summed E-state index contributed by atoms with van der Waals surface area (Å²) in [6.45, 7) is 0. The molecule has 1 saturated carbocycles. The SMILES string of the molecule is O[C@@H](c1cccc(Br)c1)C1CCCCCC1. The van der Waals surface area contributed by atoms with E-state index in [1.807, 2.05) is 24.3 Å². The molecule has 1 aromatic carbocycles. The summed E-state index contributed by atoms with van der Waals surface area (Å²) >= 11 is 3.46. The molecule has 16 heavy (non-hydrogen) atoms. The van der Waals surface area contributed by atoms with Crippen molar-refractivity contribution in [1.29, 1.82) is 0 Å². The summed E-state index contributed by atoms with van der Waals surface area (Å²) in [5.41, 5.74) is 1.06. The maximum Gasteiger partial charge on any atom is 0.0818 e. The maximum atomic E-state index is 10.4. The van der Waals surface area contributed by atoms with Crippen LogP contribution in [0.1, 0.15) is 50.2 Å². The van der Waals surface area contributed by atoms with E-state index in [1.165, 1.54) is 38.5 Å². The first-order valence-corrected chi connectivity index (χ1v) is 7.00. The lowest BCUT2D eigenvalue weighted by atomic mass is 9.89. The van der Waals surface area contributed by atoms with Crippen molar-refractivity contribution in [1.82, 2.24) is 0 Å². The molecular formula is C14H19BrO. The van der Waals surface area contributed by atoms with Crippen molar-refractivity contribution in [2.45, 2.75) is 44.6 Å². The van der Waals surface area contributed by atoms with Crippen molar-refractivity contribution in [3.63, 3.8) is 0 Å². The third-order valence-electron chi connectivity index (χ3n) is 3.54. The van der Waals surface area contributed by atoms with Crippen LogP contribution < -0.4 is 0 Å². The molecule has 1 aliphatic rings. The van der Waals surface area contributed by atoms with Gasteiger partial charge in [-0.15, -0.1) is 0 Å². The van der Waals surface area contributed by atoms with Gasteiger partial charge in [-0.1, -0.05) is 53.7 Å². The second-order valence-electron chi connectivity index (χ2n) is 4.75. The number of benzene rings is 1. The summed E-state index contributed by atoms with van der Waals surface area (Å²) < 4.78 is 1.05. The summed E-state index contributed by atoms with van der Waals surface area (Å²) in [6.07, 6.45) is 7.28. The molecule has 1 aromatic rings. The van der Waals surface area contributed by atoms with E-state index in [0.29, 0.717) is 5.92 Å². The van der Waals surface area contributed by atoms with E-state index in [1.54, 1.807) is 0 Å². The zero-order chi connectivity index (χ0) is 11.4. The highest BCUT2D eigenvalue weighted by Gasteiger charge is 2.21. The first kappa shape index (κ1) is 12.1. The number of halogens is 1. The van der Waals surface area contributed by atoms with Crippen LogP contribution in [0.4, 0.5) is 0 Å². The second-order valence-corrected chi connectivity index (χ2v) is 5.67. The smallest absolute Gasteiger partial charge is 0.0818 e. The van der Waals surface area contributed by atoms with E-state index in [0.717, 1.165) is 10.0 Å². The summed E-state index contributed by atoms with van der Waals surface area (Å²) in [5, 5.41) is 10.4. The van der Waals surface area contributed by atoms with Gasteiger partial charge in [0.05, 0.1) is 6.10 Å². The standard InChI is InChI=1S/C14H19BrO/c15-13-9-5-8-12(10-13)14(16)11-6-3-1-2-4-7-11/h5,8-11,14,16H,1-4,6-7H2/t14-/m1/s1. The highest BCUT2D eigenvalue weighted by atomic mass is 79.9. The van der Waals surface area contributed by atoms with Gasteiger partial charge in [-0.3, -0.25) is 0 Å². The molecule has 1 atom stereocenters. The van der Waals surface area contributed by atoms with Crippen LogP contribution in [0.5, 0.6) is 0 Å². The maximum absolute atomic E-state index is 10.4. The molecule has 0 radical (unpaired) electrons. The minimum Gasteiger partial charge on any atom is -0.388 e. The van der Waals surface area contributed by atoms with Gasteiger partial charge in [-0.05, 0) is 36.5 Å². The van der Waals surface area contributed by atoms with Crippen LogP contribution in [-0.2, 0) is 0 Å². The minimum absolute atomic E-state index is 0.282. The van der Waals surface area contributed by atoms with E-state index >= 15 is 0 Å². The number of aliphatic hydroxyl groups is 1. The number of hydrogen-bond acceptors (Lipinski definition) is 1. The van der Waals surface area contributed by atoms with Crippen molar-refractivity contribution in [3.8, 4) is 0 Å². The Balaban J connectivity index is 2.07. The van der Waals surface area contributed by atoms with E-state index in [4.69, 9.17) is 0 Å². The van der Waals surface area contributed by atoms with Crippen LogP contribution in [0, 0.1) is 5.92 Å². The predicted octanol–water partition coefficient (Wildman–Crippen LogP) is 4.45. The average Bonchev–Trinajstić information content (AvgIpc) is 2.56. The summed E-state index contributed by atoms with van der Waals surface area (Å²) in [6, 6.07) is 8.07. The monoisotopic (exact) mass is 282 g/mol. The Morgan fingerprint density at radius 3 is 2.44 bits per heavy atom. The molecular weight excluding hydrogens is 264 g/mol. The molecule has 0 unspecified atom stereocenters. The fraction of sp³-hybridized carbons (Fsp3) is 0.571. The van der Waals surface area contributed by atoms with Crippen LogP contribution in [0.25, 0.3) is 0 Å². The van der Waals surface area contributed by atoms with Crippen LogP contribution in [0.2, 0.25) is 0 Å². The minimum atomic E-state index is -0.282. The Morgan fingerprint density at radius 1 is 1.12 bits per heavy atom. The lowest BCUT2D eigenvalue weighted by molar-refractivity contribution is 0.0987. The third-order valence-corrected chi connectivity index (χ3v) is 4.03. The molecule has 1 aliphatic carbocycles. The lowest BCUT2D eigenvalue weighted by Crippen LogP contribution is -2.11. The molecule has 88 valence electrons. The van der Waals surface area contributed by atoms with E-state index in [-0.39, 0.29) is 6.10 Å². The van der Waals surface area contributed by atoms with Crippen molar-refractivity contribution in [3.05, 3.63) is 34.3 Å². The van der Waals surface area contributed by atoms with Gasteiger partial charge in [0.25, 0.3) is 0 Å². The number of aliphatic hydroxyl groups excluding tert-OH is 1. The molecule has 2 rings (SSSR count). The third kappa shape index (κ3) is 3.08. The van der Waals surface area contributed by atoms with Crippen LogP contribution in [0.3, 0.4) is 0 Å². The van der Waals surface area contributed by atoms with Crippen LogP contribution >= 0.6 is 15.9 Å². The van der Waals surface area contributed by atoms with Crippen molar-refractivity contribution in [2.75, 3.05) is 0 Å². The van der Waals surface area contributed by atoms with Gasteiger partial charge < -0.3 is 5.11 Å². The zero-order valence-corrected chi connectivity index (χ0v) is 11.1. The normalized spacial score (nSPS) is 20.4. The number of rotatable bonds is 2. The molecule has 2 heteroatoms. The largest absolute Gasteiger partial charge is 0.388 e. The van der Waals surface area contributed by atoms with Gasteiger partial charge in [-0.2, -0.15) is 0 Å². The Bertz CT molecular complexity index is 329. The first-order chi connectivity index (χ1) is 7.77. The van der Waals surface area contributed by atoms with E-state index < -0.39 is 0 Å². The van der Waals surface area contributed by atoms with Crippen molar-refractivity contribution < 1.29 is 5.11 Å². The van der Waals surface area contributed by atoms with Gasteiger partial charge in [0, 0.05) is 4.47 Å². The molecule has 0 heterocycles. The van der Waals surface area contributed by atoms with Gasteiger partial charge in [0.1, 0.15) is 0 Å². The average molecular weight is 283 g/mol. The van der Waals surface area contributed by atoms with Crippen LogP contribution in [-0.4, -0.2) is 5.11 Å². The zero-order valence-electron chi connectivity index (χ0n) is 9.53. The summed E-state index contributed by atoms with van der Waals surface area (Å²) in [4.78, 5) is 0. The molecule has 1 fully saturated rings. The van der Waals surface area contributed by atoms with E-state index in [2.05, 4.69) is 15.9 Å². The fourth-order valence-electron chi connectivity index (χ4n) is 2.59. The molecule has 0 aliphatic heterocycles. The Morgan fingerprint density at radius 2 is 1.81 bits per heavy atom. The molecule has 0 amide bonds. The van der Waals surface area contributed by atoms with Crippen molar-refractivity contribution >= 4 is 15.9 Å². The Hall–Kier alpha value is -0.340. The topological polar surface area (TPSA) is 20.2 Å². The van der Waals surface area contributed by atoms with Gasteiger partial charge in [0.2, 0.25) is 0 Å². The molecule has 0 bridgehead atoms. The highest BCUT2D eigenvalue weighted by Crippen LogP contribution is 2.34. The molecule has 0 saturated heterocycles. The highest BCUT2D eigenvalue weighted by molar-refractivity contribution is 9.10. The lowest BCUT2D eigenvalue weighted by Gasteiger charge is -2.21. The number of hydrogen-bond donors (Lipinski definition) is 1. The summed E-state index contributed by atoms with van der Waals surface area (Å²) in [7, 11) is 0. The van der Waals surface area contributed by atoms with Gasteiger partial charge >= 0.3 is 0 Å². The molecule has 0 aromatic heterocycles. The summed E-state index contributed by atoms with van der Waals surface area (Å²) in [5.74, 6) is 0.455. The quantitative estimate of drug-likeness (QED) is 0.795. The van der Waals surface area contributed by atoms with Crippen molar-refractivity contribution in [2.24, 2.45) is 5.92 Å². The molecule has 0 spiro atoms. The van der Waals surface area contributed by atoms with Gasteiger partial charge in [-0.25, -0.2) is 0 Å².